The zero-order valence-electron chi connectivity index (χ0n) is 23.5. The van der Waals surface area contributed by atoms with Crippen molar-refractivity contribution in [2.45, 2.75) is 79.4 Å². The number of allylic oxidation sites excluding steroid dienone is 3. The fourth-order valence-electron chi connectivity index (χ4n) is 4.50. The van der Waals surface area contributed by atoms with Crippen LogP contribution < -0.4 is 9.64 Å². The Hall–Kier alpha value is -2.23. The predicted molar refractivity (Wildman–Crippen MR) is 156 cm³/mol. The molecule has 2 aliphatic heterocycles. The number of rotatable bonds is 4. The summed E-state index contributed by atoms with van der Waals surface area (Å²) in [6.45, 7) is 20.2. The van der Waals surface area contributed by atoms with E-state index < -0.39 is 0 Å². The fraction of sp³-hybridized carbons (Fsp3) is 0.484. The first-order chi connectivity index (χ1) is 16.7. The molecule has 2 heterocycles. The Morgan fingerprint density at radius 1 is 1.17 bits per heavy atom. The molecule has 0 bridgehead atoms. The van der Waals surface area contributed by atoms with Gasteiger partial charge in [-0.05, 0) is 62.9 Å². The van der Waals surface area contributed by atoms with Crippen LogP contribution in [-0.2, 0) is 12.0 Å². The van der Waals surface area contributed by atoms with Crippen LogP contribution >= 0.6 is 11.6 Å². The molecule has 4 heteroatoms. The molecule has 3 nitrogen and oxygen atoms in total. The van der Waals surface area contributed by atoms with Crippen molar-refractivity contribution in [2.75, 3.05) is 25.6 Å². The van der Waals surface area contributed by atoms with Gasteiger partial charge in [0.05, 0.1) is 13.3 Å². The van der Waals surface area contributed by atoms with Gasteiger partial charge in [0.2, 0.25) is 0 Å². The number of likely N-dealkylation sites (N-methyl/N-ethyl adjacent to an activating group) is 1. The van der Waals surface area contributed by atoms with Gasteiger partial charge < -0.3 is 9.64 Å². The van der Waals surface area contributed by atoms with Crippen molar-refractivity contribution in [3.8, 4) is 5.75 Å². The molecule has 2 aliphatic rings. The number of methoxy groups -OCH3 is 1. The first kappa shape index (κ1) is 30.8. The van der Waals surface area contributed by atoms with Gasteiger partial charge >= 0.3 is 0 Å². The second-order valence-corrected chi connectivity index (χ2v) is 9.76. The van der Waals surface area contributed by atoms with Crippen molar-refractivity contribution in [1.29, 1.82) is 0 Å². The third kappa shape index (κ3) is 8.15. The maximum atomic E-state index is 5.46. The molecule has 1 fully saturated rings. The van der Waals surface area contributed by atoms with Crippen LogP contribution in [0.1, 0.15) is 72.4 Å². The maximum Gasteiger partial charge on any atom is 0.119 e. The monoisotopic (exact) mass is 498 g/mol. The second kappa shape index (κ2) is 15.0. The Bertz CT molecular complexity index is 936. The number of anilines is 1. The molecule has 0 amide bonds. The van der Waals surface area contributed by atoms with Crippen LogP contribution in [0.4, 0.5) is 5.69 Å². The Labute approximate surface area is 220 Å². The highest BCUT2D eigenvalue weighted by atomic mass is 35.5. The van der Waals surface area contributed by atoms with Gasteiger partial charge in [-0.2, -0.15) is 0 Å². The smallest absolute Gasteiger partial charge is 0.119 e. The van der Waals surface area contributed by atoms with Crippen molar-refractivity contribution in [3.05, 3.63) is 82.9 Å². The predicted octanol–water partition coefficient (Wildman–Crippen LogP) is 8.78. The van der Waals surface area contributed by atoms with E-state index >= 15 is 0 Å². The second-order valence-electron chi connectivity index (χ2n) is 9.23. The van der Waals surface area contributed by atoms with Crippen LogP contribution in [-0.4, -0.2) is 31.8 Å². The highest BCUT2D eigenvalue weighted by Crippen LogP contribution is 2.52. The lowest BCUT2D eigenvalue weighted by Gasteiger charge is -2.34. The van der Waals surface area contributed by atoms with Crippen LogP contribution in [0.2, 0.25) is 0 Å². The highest BCUT2D eigenvalue weighted by molar-refractivity contribution is 6.29. The van der Waals surface area contributed by atoms with Crippen LogP contribution in [0.15, 0.2) is 71.8 Å². The van der Waals surface area contributed by atoms with Gasteiger partial charge in [-0.1, -0.05) is 87.9 Å². The van der Waals surface area contributed by atoms with Crippen molar-refractivity contribution < 1.29 is 4.74 Å². The number of halogens is 1. The Balaban J connectivity index is 0.000000431. The molecule has 1 saturated heterocycles. The molecule has 0 aromatic heterocycles. The SMILES string of the molecule is C=C(Cl)CC.CC.CC=C(C)C.COc1ccc2c(c1)C1(C)CCN(Cc3ccccc3)C1N2C. The summed E-state index contributed by atoms with van der Waals surface area (Å²) in [7, 11) is 3.97. The average molecular weight is 499 g/mol. The molecule has 0 saturated carbocycles. The number of likely N-dealkylation sites (tertiary alicyclic amines) is 1. The Morgan fingerprint density at radius 3 is 2.23 bits per heavy atom. The molecule has 0 aliphatic carbocycles. The molecule has 2 aromatic carbocycles. The zero-order valence-corrected chi connectivity index (χ0v) is 24.2. The summed E-state index contributed by atoms with van der Waals surface area (Å²) in [5.74, 6) is 0.959. The maximum absolute atomic E-state index is 5.46. The molecule has 2 unspecified atom stereocenters. The van der Waals surface area contributed by atoms with Crippen molar-refractivity contribution in [1.82, 2.24) is 4.90 Å². The molecule has 0 radical (unpaired) electrons. The van der Waals surface area contributed by atoms with E-state index in [9.17, 15) is 0 Å². The van der Waals surface area contributed by atoms with Gasteiger partial charge in [0.25, 0.3) is 0 Å². The minimum absolute atomic E-state index is 0.174. The van der Waals surface area contributed by atoms with Crippen LogP contribution in [0.25, 0.3) is 0 Å². The molecular formula is C31H47ClN2O. The number of fused-ring (bicyclic) bond motifs is 3. The highest BCUT2D eigenvalue weighted by Gasteiger charge is 2.53. The van der Waals surface area contributed by atoms with E-state index in [4.69, 9.17) is 16.3 Å². The molecule has 194 valence electrons. The first-order valence-electron chi connectivity index (χ1n) is 12.8. The summed E-state index contributed by atoms with van der Waals surface area (Å²) >= 11 is 5.27. The van der Waals surface area contributed by atoms with Gasteiger partial charge in [0, 0.05) is 36.3 Å². The molecule has 2 atom stereocenters. The molecule has 0 spiro atoms. The summed E-state index contributed by atoms with van der Waals surface area (Å²) in [6, 6.07) is 17.3. The van der Waals surface area contributed by atoms with E-state index in [1.54, 1.807) is 7.11 Å². The number of hydrogen-bond donors (Lipinski definition) is 0. The van der Waals surface area contributed by atoms with Gasteiger partial charge in [0.15, 0.2) is 0 Å². The van der Waals surface area contributed by atoms with Gasteiger partial charge in [0.1, 0.15) is 5.75 Å². The molecule has 2 aromatic rings. The molecule has 4 rings (SSSR count). The molecule has 0 N–H and O–H groups in total. The minimum atomic E-state index is 0.174. The lowest BCUT2D eigenvalue weighted by molar-refractivity contribution is 0.215. The zero-order chi connectivity index (χ0) is 26.6. The Morgan fingerprint density at radius 2 is 1.74 bits per heavy atom. The quantitative estimate of drug-likeness (QED) is 0.391. The van der Waals surface area contributed by atoms with Crippen LogP contribution in [0, 0.1) is 0 Å². The normalized spacial score (nSPS) is 19.5. The molecule has 35 heavy (non-hydrogen) atoms. The van der Waals surface area contributed by atoms with E-state index in [0.29, 0.717) is 6.17 Å². The van der Waals surface area contributed by atoms with Gasteiger partial charge in [-0.15, -0.1) is 0 Å². The topological polar surface area (TPSA) is 15.7 Å². The summed E-state index contributed by atoms with van der Waals surface area (Å²) in [4.78, 5) is 5.06. The first-order valence-corrected chi connectivity index (χ1v) is 13.2. The van der Waals surface area contributed by atoms with Crippen molar-refractivity contribution in [3.63, 3.8) is 0 Å². The van der Waals surface area contributed by atoms with Crippen molar-refractivity contribution >= 4 is 17.3 Å². The largest absolute Gasteiger partial charge is 0.497 e. The number of hydrogen-bond acceptors (Lipinski definition) is 3. The average Bonchev–Trinajstić information content (AvgIpc) is 3.32. The lowest BCUT2D eigenvalue weighted by atomic mass is 9.81. The molecular weight excluding hydrogens is 452 g/mol. The number of benzene rings is 2. The third-order valence-electron chi connectivity index (χ3n) is 6.59. The van der Waals surface area contributed by atoms with Crippen LogP contribution in [0.3, 0.4) is 0 Å². The summed E-state index contributed by atoms with van der Waals surface area (Å²) < 4.78 is 5.46. The fourth-order valence-corrected chi connectivity index (χ4v) is 4.50. The summed E-state index contributed by atoms with van der Waals surface area (Å²) in [6.07, 6.45) is 4.57. The van der Waals surface area contributed by atoms with E-state index in [-0.39, 0.29) is 5.41 Å². The number of ether oxygens (including phenoxy) is 1. The standard InChI is InChI=1S/C20H24N2O.C5H10.C4H7Cl.C2H6/c1-20-11-12-22(14-15-7-5-4-6-8-15)19(20)21(2)18-10-9-16(23-3)13-17(18)20;1-4-5(2)3;1-3-4(2)5;1-2/h4-10,13,19H,11-12,14H2,1-3H3;4H,1-3H3;2-3H2,1H3;1-2H3. The van der Waals surface area contributed by atoms with E-state index in [1.165, 1.54) is 28.8 Å². The van der Waals surface area contributed by atoms with Crippen LogP contribution in [0.5, 0.6) is 5.75 Å². The van der Waals surface area contributed by atoms with E-state index in [1.807, 2.05) is 27.7 Å². The van der Waals surface area contributed by atoms with E-state index in [0.717, 1.165) is 30.3 Å². The summed E-state index contributed by atoms with van der Waals surface area (Å²) in [5.41, 5.74) is 5.72. The Kier molecular flexibility index (Phi) is 13.2. The number of nitrogens with zero attached hydrogens (tertiary/aromatic N) is 2. The van der Waals surface area contributed by atoms with Gasteiger partial charge in [-0.25, -0.2) is 0 Å². The summed E-state index contributed by atoms with van der Waals surface area (Å²) in [5, 5.41) is 0.727. The third-order valence-corrected chi connectivity index (χ3v) is 6.86. The van der Waals surface area contributed by atoms with Crippen molar-refractivity contribution in [2.24, 2.45) is 0 Å². The van der Waals surface area contributed by atoms with E-state index in [2.05, 4.69) is 98.8 Å². The lowest BCUT2D eigenvalue weighted by Crippen LogP contribution is -2.46. The minimum Gasteiger partial charge on any atom is -0.497 e. The van der Waals surface area contributed by atoms with Gasteiger partial charge in [-0.3, -0.25) is 4.90 Å².